The molecule has 1 saturated heterocycles. The summed E-state index contributed by atoms with van der Waals surface area (Å²) in [6.07, 6.45) is 0.781. The Balaban J connectivity index is 1.48. The van der Waals surface area contributed by atoms with E-state index < -0.39 is 12.1 Å². The Bertz CT molecular complexity index is 1050. The van der Waals surface area contributed by atoms with Gasteiger partial charge in [-0.1, -0.05) is 35.5 Å². The largest absolute Gasteiger partial charge is 0.356 e. The zero-order valence-electron chi connectivity index (χ0n) is 16.6. The van der Waals surface area contributed by atoms with Gasteiger partial charge in [0.25, 0.3) is 5.91 Å². The van der Waals surface area contributed by atoms with Gasteiger partial charge in [-0.25, -0.2) is 0 Å². The van der Waals surface area contributed by atoms with E-state index in [1.165, 1.54) is 0 Å². The molecule has 1 fully saturated rings. The monoisotopic (exact) mass is 407 g/mol. The van der Waals surface area contributed by atoms with Crippen LogP contribution < -0.4 is 5.32 Å². The van der Waals surface area contributed by atoms with Crippen molar-refractivity contribution in [2.75, 3.05) is 13.7 Å². The summed E-state index contributed by atoms with van der Waals surface area (Å²) >= 11 is 0. The highest BCUT2D eigenvalue weighted by Crippen LogP contribution is 2.31. The van der Waals surface area contributed by atoms with Crippen LogP contribution in [0.3, 0.4) is 0 Å². The molecule has 1 aliphatic rings. The van der Waals surface area contributed by atoms with Crippen LogP contribution in [0.2, 0.25) is 0 Å². The summed E-state index contributed by atoms with van der Waals surface area (Å²) < 4.78 is 10.8. The fourth-order valence-corrected chi connectivity index (χ4v) is 3.41. The minimum atomic E-state index is -0.855. The third kappa shape index (κ3) is 3.92. The molecule has 2 atom stereocenters. The maximum absolute atomic E-state index is 12.9. The molecule has 9 heteroatoms. The second-order valence-electron chi connectivity index (χ2n) is 6.98. The predicted molar refractivity (Wildman–Crippen MR) is 106 cm³/mol. The molecule has 9 nitrogen and oxygen atoms in total. The Hall–Kier alpha value is -3.59. The van der Waals surface area contributed by atoms with Crippen molar-refractivity contribution < 1.29 is 18.8 Å². The number of likely N-dealkylation sites (N-methyl/N-ethyl adjacent to an activating group) is 1. The third-order valence-corrected chi connectivity index (χ3v) is 5.03. The first-order valence-corrected chi connectivity index (χ1v) is 9.49. The highest BCUT2D eigenvalue weighted by molar-refractivity contribution is 5.86. The number of carbonyl (C=O) groups excluding carboxylic acids is 2. The number of pyridine rings is 1. The number of carbonyl (C=O) groups is 2. The van der Waals surface area contributed by atoms with Crippen molar-refractivity contribution in [2.45, 2.75) is 25.6 Å². The minimum Gasteiger partial charge on any atom is -0.356 e. The summed E-state index contributed by atoms with van der Waals surface area (Å²) in [6, 6.07) is 12.5. The van der Waals surface area contributed by atoms with Gasteiger partial charge in [0.1, 0.15) is 12.3 Å². The van der Waals surface area contributed by atoms with E-state index in [1.807, 2.05) is 37.3 Å². The number of aryl methyl sites for hydroxylation is 1. The molecule has 3 heterocycles. The lowest BCUT2D eigenvalue weighted by atomic mass is 9.94. The van der Waals surface area contributed by atoms with Gasteiger partial charge >= 0.3 is 0 Å². The van der Waals surface area contributed by atoms with E-state index in [2.05, 4.69) is 20.4 Å². The van der Waals surface area contributed by atoms with E-state index in [0.717, 1.165) is 11.1 Å². The van der Waals surface area contributed by atoms with Gasteiger partial charge in [0, 0.05) is 13.2 Å². The zero-order chi connectivity index (χ0) is 21.1. The lowest BCUT2D eigenvalue weighted by molar-refractivity contribution is -0.162. The van der Waals surface area contributed by atoms with Crippen LogP contribution in [0.1, 0.15) is 23.1 Å². The molecule has 1 N–H and O–H groups in total. The average Bonchev–Trinajstić information content (AvgIpc) is 3.24. The Kier molecular flexibility index (Phi) is 5.53. The molecule has 154 valence electrons. The van der Waals surface area contributed by atoms with Crippen molar-refractivity contribution in [3.8, 4) is 11.5 Å². The van der Waals surface area contributed by atoms with Gasteiger partial charge < -0.3 is 19.5 Å². The van der Waals surface area contributed by atoms with Crippen LogP contribution in [0.4, 0.5) is 0 Å². The quantitative estimate of drug-likeness (QED) is 0.685. The number of nitrogens with zero attached hydrogens (tertiary/aromatic N) is 4. The van der Waals surface area contributed by atoms with Crippen LogP contribution in [0.5, 0.6) is 0 Å². The fraction of sp³-hybridized carbons (Fsp3) is 0.286. The molecular formula is C21H21N5O4. The first-order chi connectivity index (χ1) is 14.5. The van der Waals surface area contributed by atoms with Crippen molar-refractivity contribution >= 4 is 11.8 Å². The van der Waals surface area contributed by atoms with Crippen LogP contribution in [-0.4, -0.2) is 51.6 Å². The molecule has 2 aromatic heterocycles. The van der Waals surface area contributed by atoms with Gasteiger partial charge in [-0.15, -0.1) is 0 Å². The number of rotatable bonds is 5. The Labute approximate surface area is 173 Å². The third-order valence-electron chi connectivity index (χ3n) is 5.03. The predicted octanol–water partition coefficient (Wildman–Crippen LogP) is 1.65. The van der Waals surface area contributed by atoms with E-state index in [1.54, 1.807) is 30.3 Å². The van der Waals surface area contributed by atoms with Crippen LogP contribution >= 0.6 is 0 Å². The standard InChI is InChI=1S/C21H21N5O4/c1-13-7-3-4-8-14(13)18-19(29-12-17(27)26(18)2)21(28)23-11-16-24-20(25-30-16)15-9-5-6-10-22-15/h3-10,18-19H,11-12H2,1-2H3,(H,23,28)/t18-,19+/m1/s1. The molecule has 1 aromatic carbocycles. The second kappa shape index (κ2) is 8.42. The van der Waals surface area contributed by atoms with Gasteiger partial charge in [-0.05, 0) is 30.2 Å². The molecule has 2 amide bonds. The maximum Gasteiger partial charge on any atom is 0.252 e. The van der Waals surface area contributed by atoms with Crippen molar-refractivity contribution in [3.63, 3.8) is 0 Å². The highest BCUT2D eigenvalue weighted by atomic mass is 16.5. The number of nitrogens with one attached hydrogen (secondary N) is 1. The van der Waals surface area contributed by atoms with Crippen molar-refractivity contribution in [3.05, 3.63) is 65.7 Å². The van der Waals surface area contributed by atoms with E-state index in [-0.39, 0.29) is 30.9 Å². The molecule has 0 aliphatic carbocycles. The SMILES string of the molecule is Cc1ccccc1[C@@H]1[C@@H](C(=O)NCc2nc(-c3ccccn3)no2)OCC(=O)N1C. The molecule has 0 spiro atoms. The molecule has 30 heavy (non-hydrogen) atoms. The molecule has 4 rings (SSSR count). The van der Waals surface area contributed by atoms with E-state index >= 15 is 0 Å². The lowest BCUT2D eigenvalue weighted by Crippen LogP contribution is -2.53. The van der Waals surface area contributed by atoms with E-state index in [0.29, 0.717) is 11.5 Å². The molecular weight excluding hydrogens is 386 g/mol. The van der Waals surface area contributed by atoms with Crippen LogP contribution in [-0.2, 0) is 20.9 Å². The number of hydrogen-bond donors (Lipinski definition) is 1. The van der Waals surface area contributed by atoms with E-state index in [9.17, 15) is 9.59 Å². The van der Waals surface area contributed by atoms with Gasteiger partial charge in [-0.3, -0.25) is 14.6 Å². The van der Waals surface area contributed by atoms with Crippen LogP contribution in [0, 0.1) is 6.92 Å². The maximum atomic E-state index is 12.9. The number of hydrogen-bond acceptors (Lipinski definition) is 7. The molecule has 0 radical (unpaired) electrons. The smallest absolute Gasteiger partial charge is 0.252 e. The number of aromatic nitrogens is 3. The molecule has 0 unspecified atom stereocenters. The first kappa shape index (κ1) is 19.7. The van der Waals surface area contributed by atoms with Gasteiger partial charge in [0.05, 0.1) is 12.6 Å². The molecule has 3 aromatic rings. The Morgan fingerprint density at radius 1 is 1.23 bits per heavy atom. The van der Waals surface area contributed by atoms with E-state index in [4.69, 9.17) is 9.26 Å². The zero-order valence-corrected chi connectivity index (χ0v) is 16.6. The summed E-state index contributed by atoms with van der Waals surface area (Å²) in [5.41, 5.74) is 2.42. The van der Waals surface area contributed by atoms with Crippen LogP contribution in [0.15, 0.2) is 53.2 Å². The summed E-state index contributed by atoms with van der Waals surface area (Å²) in [7, 11) is 1.68. The van der Waals surface area contributed by atoms with Gasteiger partial charge in [0.2, 0.25) is 17.6 Å². The summed E-state index contributed by atoms with van der Waals surface area (Å²) in [6.45, 7) is 1.83. The fourth-order valence-electron chi connectivity index (χ4n) is 3.41. The Morgan fingerprint density at radius 2 is 2.03 bits per heavy atom. The van der Waals surface area contributed by atoms with Crippen molar-refractivity contribution in [2.24, 2.45) is 0 Å². The number of benzene rings is 1. The lowest BCUT2D eigenvalue weighted by Gasteiger charge is -2.38. The number of ether oxygens (including phenoxy) is 1. The summed E-state index contributed by atoms with van der Waals surface area (Å²) in [4.78, 5) is 35.1. The number of amides is 2. The molecule has 1 aliphatic heterocycles. The normalized spacial score (nSPS) is 19.0. The average molecular weight is 407 g/mol. The summed E-state index contributed by atoms with van der Waals surface area (Å²) in [5, 5.41) is 6.66. The van der Waals surface area contributed by atoms with Crippen molar-refractivity contribution in [1.82, 2.24) is 25.3 Å². The Morgan fingerprint density at radius 3 is 2.80 bits per heavy atom. The second-order valence-corrected chi connectivity index (χ2v) is 6.98. The minimum absolute atomic E-state index is 0.0384. The first-order valence-electron chi connectivity index (χ1n) is 9.49. The van der Waals surface area contributed by atoms with Crippen LogP contribution in [0.25, 0.3) is 11.5 Å². The summed E-state index contributed by atoms with van der Waals surface area (Å²) in [5.74, 6) is 0.0537. The van der Waals surface area contributed by atoms with Gasteiger partial charge in [-0.2, -0.15) is 4.98 Å². The number of morpholine rings is 1. The highest BCUT2D eigenvalue weighted by Gasteiger charge is 2.40. The van der Waals surface area contributed by atoms with Gasteiger partial charge in [0.15, 0.2) is 6.10 Å². The molecule has 0 saturated carbocycles. The molecule has 0 bridgehead atoms. The van der Waals surface area contributed by atoms with Crippen molar-refractivity contribution in [1.29, 1.82) is 0 Å². The topological polar surface area (TPSA) is 110 Å².